The standard InChI is InChI=1S/C13H20Cl2N2/c1-4-13(5-2,6-3)17-12-10(14)7-9(16)8-11(12)15/h7-8,17H,4-6,16H2,1-3H3. The van der Waals surface area contributed by atoms with Gasteiger partial charge in [-0.2, -0.15) is 0 Å². The number of hydrogen-bond acceptors (Lipinski definition) is 2. The summed E-state index contributed by atoms with van der Waals surface area (Å²) in [5.74, 6) is 0. The third-order valence-electron chi connectivity index (χ3n) is 3.48. The van der Waals surface area contributed by atoms with Crippen LogP contribution in [0, 0.1) is 0 Å². The molecule has 96 valence electrons. The van der Waals surface area contributed by atoms with Crippen LogP contribution in [0.15, 0.2) is 12.1 Å². The first-order chi connectivity index (χ1) is 7.98. The van der Waals surface area contributed by atoms with Crippen LogP contribution in [0.2, 0.25) is 10.0 Å². The maximum absolute atomic E-state index is 6.18. The molecule has 1 aromatic rings. The van der Waals surface area contributed by atoms with Crippen molar-refractivity contribution in [2.45, 2.75) is 45.6 Å². The summed E-state index contributed by atoms with van der Waals surface area (Å²) in [4.78, 5) is 0. The van der Waals surface area contributed by atoms with Gasteiger partial charge in [-0.15, -0.1) is 0 Å². The third-order valence-corrected chi connectivity index (χ3v) is 4.08. The summed E-state index contributed by atoms with van der Waals surface area (Å²) in [6.45, 7) is 6.50. The van der Waals surface area contributed by atoms with Gasteiger partial charge in [0.1, 0.15) is 0 Å². The second-order valence-corrected chi connectivity index (χ2v) is 5.14. The summed E-state index contributed by atoms with van der Waals surface area (Å²) in [5.41, 5.74) is 7.11. The number of anilines is 2. The quantitative estimate of drug-likeness (QED) is 0.745. The fraction of sp³-hybridized carbons (Fsp3) is 0.538. The molecule has 1 rings (SSSR count). The largest absolute Gasteiger partial charge is 0.399 e. The van der Waals surface area contributed by atoms with E-state index in [9.17, 15) is 0 Å². The summed E-state index contributed by atoms with van der Waals surface area (Å²) < 4.78 is 0. The molecule has 2 nitrogen and oxygen atoms in total. The first-order valence-electron chi connectivity index (χ1n) is 6.00. The van der Waals surface area contributed by atoms with Gasteiger partial charge in [-0.1, -0.05) is 44.0 Å². The maximum atomic E-state index is 6.18. The minimum absolute atomic E-state index is 0.0450. The van der Waals surface area contributed by atoms with E-state index < -0.39 is 0 Å². The Labute approximate surface area is 113 Å². The molecule has 0 atom stereocenters. The van der Waals surface area contributed by atoms with E-state index in [-0.39, 0.29) is 5.54 Å². The van der Waals surface area contributed by atoms with Crippen molar-refractivity contribution in [2.75, 3.05) is 11.1 Å². The topological polar surface area (TPSA) is 38.0 Å². The van der Waals surface area contributed by atoms with E-state index >= 15 is 0 Å². The normalized spacial score (nSPS) is 11.6. The number of rotatable bonds is 5. The lowest BCUT2D eigenvalue weighted by atomic mass is 9.89. The molecule has 0 fully saturated rings. The second-order valence-electron chi connectivity index (χ2n) is 4.33. The van der Waals surface area contributed by atoms with Gasteiger partial charge in [-0.25, -0.2) is 0 Å². The van der Waals surface area contributed by atoms with Gasteiger partial charge < -0.3 is 11.1 Å². The highest BCUT2D eigenvalue weighted by atomic mass is 35.5. The van der Waals surface area contributed by atoms with Gasteiger partial charge in [0.15, 0.2) is 0 Å². The second kappa shape index (κ2) is 5.83. The van der Waals surface area contributed by atoms with Crippen molar-refractivity contribution in [3.8, 4) is 0 Å². The molecule has 0 radical (unpaired) electrons. The molecule has 0 saturated heterocycles. The monoisotopic (exact) mass is 274 g/mol. The van der Waals surface area contributed by atoms with Gasteiger partial charge in [-0.05, 0) is 31.4 Å². The molecule has 0 bridgehead atoms. The summed E-state index contributed by atoms with van der Waals surface area (Å²) in [6.07, 6.45) is 3.07. The van der Waals surface area contributed by atoms with Crippen molar-refractivity contribution in [1.29, 1.82) is 0 Å². The summed E-state index contributed by atoms with van der Waals surface area (Å²) >= 11 is 12.4. The Morgan fingerprint density at radius 1 is 1.06 bits per heavy atom. The molecular formula is C13H20Cl2N2. The van der Waals surface area contributed by atoms with E-state index in [2.05, 4.69) is 26.1 Å². The Bertz CT molecular complexity index is 356. The number of nitrogens with one attached hydrogen (secondary N) is 1. The van der Waals surface area contributed by atoms with Crippen LogP contribution in [0.1, 0.15) is 40.0 Å². The molecule has 0 saturated carbocycles. The molecule has 3 N–H and O–H groups in total. The zero-order chi connectivity index (χ0) is 13.1. The lowest BCUT2D eigenvalue weighted by Crippen LogP contribution is -2.36. The number of nitrogen functional groups attached to an aromatic ring is 1. The van der Waals surface area contributed by atoms with Crippen LogP contribution in [-0.2, 0) is 0 Å². The zero-order valence-corrected chi connectivity index (χ0v) is 12.1. The molecule has 1 aromatic carbocycles. The minimum Gasteiger partial charge on any atom is -0.399 e. The molecular weight excluding hydrogens is 255 g/mol. The lowest BCUT2D eigenvalue weighted by Gasteiger charge is -2.33. The Kier molecular flexibility index (Phi) is 4.96. The van der Waals surface area contributed by atoms with Crippen LogP contribution in [0.5, 0.6) is 0 Å². The highest BCUT2D eigenvalue weighted by Crippen LogP contribution is 2.37. The molecule has 4 heteroatoms. The summed E-state index contributed by atoms with van der Waals surface area (Å²) in [7, 11) is 0. The van der Waals surface area contributed by atoms with Gasteiger partial charge in [0.05, 0.1) is 15.7 Å². The van der Waals surface area contributed by atoms with Gasteiger partial charge in [0.2, 0.25) is 0 Å². The molecule has 0 spiro atoms. The summed E-state index contributed by atoms with van der Waals surface area (Å²) in [6, 6.07) is 3.45. The van der Waals surface area contributed by atoms with E-state index in [4.69, 9.17) is 28.9 Å². The minimum atomic E-state index is 0.0450. The Morgan fingerprint density at radius 2 is 1.47 bits per heavy atom. The van der Waals surface area contributed by atoms with E-state index in [1.54, 1.807) is 12.1 Å². The third kappa shape index (κ3) is 3.20. The smallest absolute Gasteiger partial charge is 0.0724 e. The van der Waals surface area contributed by atoms with Crippen LogP contribution in [0.4, 0.5) is 11.4 Å². The Balaban J connectivity index is 3.09. The van der Waals surface area contributed by atoms with E-state index in [1.807, 2.05) is 0 Å². The van der Waals surface area contributed by atoms with Crippen LogP contribution in [0.3, 0.4) is 0 Å². The van der Waals surface area contributed by atoms with Gasteiger partial charge in [-0.3, -0.25) is 0 Å². The molecule has 0 aliphatic rings. The van der Waals surface area contributed by atoms with Crippen LogP contribution < -0.4 is 11.1 Å². The van der Waals surface area contributed by atoms with Crippen molar-refractivity contribution in [1.82, 2.24) is 0 Å². The fourth-order valence-electron chi connectivity index (χ4n) is 1.99. The highest BCUT2D eigenvalue weighted by Gasteiger charge is 2.25. The molecule has 0 unspecified atom stereocenters. The van der Waals surface area contributed by atoms with Crippen LogP contribution in [-0.4, -0.2) is 5.54 Å². The number of benzene rings is 1. The molecule has 17 heavy (non-hydrogen) atoms. The maximum Gasteiger partial charge on any atom is 0.0724 e. The Morgan fingerprint density at radius 3 is 1.82 bits per heavy atom. The van der Waals surface area contributed by atoms with Crippen molar-refractivity contribution in [2.24, 2.45) is 0 Å². The average Bonchev–Trinajstić information content (AvgIpc) is 2.29. The van der Waals surface area contributed by atoms with Crippen molar-refractivity contribution in [3.63, 3.8) is 0 Å². The average molecular weight is 275 g/mol. The molecule has 0 heterocycles. The number of nitrogens with two attached hydrogens (primary N) is 1. The van der Waals surface area contributed by atoms with Crippen molar-refractivity contribution >= 4 is 34.6 Å². The van der Waals surface area contributed by atoms with E-state index in [0.29, 0.717) is 15.7 Å². The zero-order valence-electron chi connectivity index (χ0n) is 10.6. The Hall–Kier alpha value is -0.600. The predicted molar refractivity (Wildman–Crippen MR) is 78.1 cm³/mol. The lowest BCUT2D eigenvalue weighted by molar-refractivity contribution is 0.420. The van der Waals surface area contributed by atoms with Gasteiger partial charge >= 0.3 is 0 Å². The van der Waals surface area contributed by atoms with Crippen LogP contribution >= 0.6 is 23.2 Å². The molecule has 0 aliphatic heterocycles. The van der Waals surface area contributed by atoms with Gasteiger partial charge in [0.25, 0.3) is 0 Å². The summed E-state index contributed by atoms with van der Waals surface area (Å²) in [5, 5.41) is 4.64. The van der Waals surface area contributed by atoms with E-state index in [0.717, 1.165) is 24.9 Å². The fourth-order valence-corrected chi connectivity index (χ4v) is 2.59. The first kappa shape index (κ1) is 14.5. The number of hydrogen-bond donors (Lipinski definition) is 2. The highest BCUT2D eigenvalue weighted by molar-refractivity contribution is 6.39. The molecule has 0 aromatic heterocycles. The molecule has 0 amide bonds. The SMILES string of the molecule is CCC(CC)(CC)Nc1c(Cl)cc(N)cc1Cl. The predicted octanol–water partition coefficient (Wildman–Crippen LogP) is 4.96. The first-order valence-corrected chi connectivity index (χ1v) is 6.76. The van der Waals surface area contributed by atoms with Crippen molar-refractivity contribution in [3.05, 3.63) is 22.2 Å². The molecule has 0 aliphatic carbocycles. The number of halogens is 2. The van der Waals surface area contributed by atoms with E-state index in [1.165, 1.54) is 0 Å². The van der Waals surface area contributed by atoms with Crippen molar-refractivity contribution < 1.29 is 0 Å². The van der Waals surface area contributed by atoms with Gasteiger partial charge in [0, 0.05) is 11.2 Å². The van der Waals surface area contributed by atoms with Crippen LogP contribution in [0.25, 0.3) is 0 Å².